The first-order valence-corrected chi connectivity index (χ1v) is 7.91. The van der Waals surface area contributed by atoms with Crippen molar-refractivity contribution in [2.45, 2.75) is 6.54 Å². The van der Waals surface area contributed by atoms with E-state index in [0.29, 0.717) is 33.9 Å². The highest BCUT2D eigenvalue weighted by Crippen LogP contribution is 2.31. The molecule has 0 saturated heterocycles. The zero-order valence-corrected chi connectivity index (χ0v) is 14.8. The van der Waals surface area contributed by atoms with Crippen molar-refractivity contribution in [1.82, 2.24) is 34.9 Å². The molecule has 27 heavy (non-hydrogen) atoms. The Hall–Kier alpha value is -3.76. The molecule has 0 atom stereocenters. The molecule has 0 fully saturated rings. The van der Waals surface area contributed by atoms with E-state index in [1.165, 1.54) is 18.0 Å². The summed E-state index contributed by atoms with van der Waals surface area (Å²) in [5.74, 6) is 1.72. The van der Waals surface area contributed by atoms with Crippen LogP contribution in [-0.4, -0.2) is 49.1 Å². The topological polar surface area (TPSA) is 123 Å². The summed E-state index contributed by atoms with van der Waals surface area (Å²) in [6.45, 7) is -0.0118. The molecule has 0 aliphatic carbocycles. The van der Waals surface area contributed by atoms with Crippen LogP contribution in [0, 0.1) is 0 Å². The fourth-order valence-electron chi connectivity index (χ4n) is 2.62. The molecule has 0 spiro atoms. The first-order valence-electron chi connectivity index (χ1n) is 7.91. The Balaban J connectivity index is 1.66. The Morgan fingerprint density at radius 2 is 2.07 bits per heavy atom. The number of aromatic nitrogens is 7. The van der Waals surface area contributed by atoms with E-state index in [9.17, 15) is 4.79 Å². The van der Waals surface area contributed by atoms with Gasteiger partial charge in [0.15, 0.2) is 5.65 Å². The van der Waals surface area contributed by atoms with Crippen LogP contribution in [0.4, 0.5) is 0 Å². The minimum absolute atomic E-state index is 0.0118. The third-order valence-electron chi connectivity index (χ3n) is 4.02. The largest absolute Gasteiger partial charge is 0.497 e. The fourth-order valence-corrected chi connectivity index (χ4v) is 2.62. The van der Waals surface area contributed by atoms with Crippen molar-refractivity contribution in [1.29, 1.82) is 0 Å². The molecular weight excluding hydrogens is 354 g/mol. The van der Waals surface area contributed by atoms with Crippen molar-refractivity contribution in [3.63, 3.8) is 0 Å². The molecule has 0 unspecified atom stereocenters. The van der Waals surface area contributed by atoms with Crippen molar-refractivity contribution in [2.24, 2.45) is 7.05 Å². The van der Waals surface area contributed by atoms with Crippen LogP contribution in [0.5, 0.6) is 11.5 Å². The second-order valence-electron chi connectivity index (χ2n) is 5.64. The Morgan fingerprint density at radius 1 is 1.22 bits per heavy atom. The molecule has 3 aromatic heterocycles. The lowest BCUT2D eigenvalue weighted by atomic mass is 10.2. The van der Waals surface area contributed by atoms with Crippen LogP contribution in [-0.2, 0) is 13.6 Å². The molecule has 0 amide bonds. The van der Waals surface area contributed by atoms with E-state index in [4.69, 9.17) is 14.0 Å². The standard InChI is InChI=1S/C16H15N7O4/c1-22-15-11(7-17-22)16(24)23(21-19-15)8-13-18-14(20-27-13)10-5-4-9(25-2)6-12(10)26-3/h4-7H,8H2,1-3H3. The number of rotatable bonds is 5. The monoisotopic (exact) mass is 369 g/mol. The number of hydrogen-bond acceptors (Lipinski definition) is 9. The zero-order chi connectivity index (χ0) is 19.0. The van der Waals surface area contributed by atoms with Crippen LogP contribution in [0.25, 0.3) is 22.4 Å². The molecule has 1 aromatic carbocycles. The summed E-state index contributed by atoms with van der Waals surface area (Å²) in [5, 5.41) is 16.2. The SMILES string of the molecule is COc1ccc(-c2noc(Cn3nnc4c(cnn4C)c3=O)n2)c(OC)c1. The van der Waals surface area contributed by atoms with Crippen LogP contribution in [0.2, 0.25) is 0 Å². The first-order chi connectivity index (χ1) is 13.1. The van der Waals surface area contributed by atoms with Gasteiger partial charge in [0.2, 0.25) is 11.7 Å². The number of fused-ring (bicyclic) bond motifs is 1. The summed E-state index contributed by atoms with van der Waals surface area (Å²) in [7, 11) is 4.80. The molecule has 0 aliphatic rings. The van der Waals surface area contributed by atoms with Gasteiger partial charge in [-0.1, -0.05) is 10.4 Å². The predicted molar refractivity (Wildman–Crippen MR) is 92.5 cm³/mol. The van der Waals surface area contributed by atoms with Gasteiger partial charge < -0.3 is 14.0 Å². The summed E-state index contributed by atoms with van der Waals surface area (Å²) in [4.78, 5) is 16.8. The van der Waals surface area contributed by atoms with E-state index < -0.39 is 0 Å². The van der Waals surface area contributed by atoms with E-state index in [1.807, 2.05) is 0 Å². The molecule has 138 valence electrons. The van der Waals surface area contributed by atoms with Gasteiger partial charge in [0.25, 0.3) is 5.56 Å². The summed E-state index contributed by atoms with van der Waals surface area (Å²) in [6.07, 6.45) is 1.45. The van der Waals surface area contributed by atoms with Crippen molar-refractivity contribution in [3.8, 4) is 22.9 Å². The van der Waals surface area contributed by atoms with Gasteiger partial charge in [-0.15, -0.1) is 5.10 Å². The van der Waals surface area contributed by atoms with Crippen LogP contribution in [0.3, 0.4) is 0 Å². The summed E-state index contributed by atoms with van der Waals surface area (Å²) >= 11 is 0. The van der Waals surface area contributed by atoms with Crippen LogP contribution >= 0.6 is 0 Å². The second kappa shape index (κ2) is 6.52. The second-order valence-corrected chi connectivity index (χ2v) is 5.64. The molecule has 4 aromatic rings. The Labute approximate surface area is 152 Å². The highest BCUT2D eigenvalue weighted by molar-refractivity contribution is 5.72. The number of benzene rings is 1. The van der Waals surface area contributed by atoms with Crippen molar-refractivity contribution < 1.29 is 14.0 Å². The Bertz CT molecular complexity index is 1180. The molecule has 0 saturated carbocycles. The van der Waals surface area contributed by atoms with Crippen LogP contribution < -0.4 is 15.0 Å². The fraction of sp³-hybridized carbons (Fsp3) is 0.250. The molecule has 11 nitrogen and oxygen atoms in total. The molecule has 4 rings (SSSR count). The van der Waals surface area contributed by atoms with E-state index in [0.717, 1.165) is 4.68 Å². The molecule has 11 heteroatoms. The minimum atomic E-state index is -0.338. The zero-order valence-electron chi connectivity index (χ0n) is 14.8. The van der Waals surface area contributed by atoms with Gasteiger partial charge in [0.1, 0.15) is 23.4 Å². The van der Waals surface area contributed by atoms with Gasteiger partial charge in [-0.05, 0) is 12.1 Å². The van der Waals surface area contributed by atoms with Crippen molar-refractivity contribution in [2.75, 3.05) is 14.2 Å². The molecule has 0 N–H and O–H groups in total. The lowest BCUT2D eigenvalue weighted by Crippen LogP contribution is -2.24. The maximum Gasteiger partial charge on any atom is 0.281 e. The number of aryl methyl sites for hydroxylation is 1. The van der Waals surface area contributed by atoms with Gasteiger partial charge >= 0.3 is 0 Å². The lowest BCUT2D eigenvalue weighted by molar-refractivity contribution is 0.360. The average molecular weight is 369 g/mol. The van der Waals surface area contributed by atoms with E-state index >= 15 is 0 Å². The first kappa shape index (κ1) is 16.7. The molecular formula is C16H15N7O4. The average Bonchev–Trinajstić information content (AvgIpc) is 3.30. The normalized spacial score (nSPS) is 11.1. The van der Waals surface area contributed by atoms with Gasteiger partial charge in [-0.25, -0.2) is 9.36 Å². The number of ether oxygens (including phenoxy) is 2. The Kier molecular flexibility index (Phi) is 4.03. The highest BCUT2D eigenvalue weighted by Gasteiger charge is 2.16. The third-order valence-corrected chi connectivity index (χ3v) is 4.02. The van der Waals surface area contributed by atoms with E-state index in [1.54, 1.807) is 32.4 Å². The quantitative estimate of drug-likeness (QED) is 0.498. The number of hydrogen-bond donors (Lipinski definition) is 0. The molecule has 3 heterocycles. The predicted octanol–water partition coefficient (Wildman–Crippen LogP) is 0.640. The smallest absolute Gasteiger partial charge is 0.281 e. The van der Waals surface area contributed by atoms with Gasteiger partial charge in [0, 0.05) is 13.1 Å². The molecule has 0 aliphatic heterocycles. The van der Waals surface area contributed by atoms with E-state index in [-0.39, 0.29) is 18.0 Å². The molecule has 0 radical (unpaired) electrons. The minimum Gasteiger partial charge on any atom is -0.497 e. The lowest BCUT2D eigenvalue weighted by Gasteiger charge is -2.07. The highest BCUT2D eigenvalue weighted by atomic mass is 16.5. The van der Waals surface area contributed by atoms with Gasteiger partial charge in [0.05, 0.1) is 26.0 Å². The summed E-state index contributed by atoms with van der Waals surface area (Å²) in [6, 6.07) is 5.25. The number of methoxy groups -OCH3 is 2. The van der Waals surface area contributed by atoms with E-state index in [2.05, 4.69) is 25.6 Å². The maximum absolute atomic E-state index is 12.5. The van der Waals surface area contributed by atoms with Gasteiger partial charge in [-0.3, -0.25) is 4.79 Å². The van der Waals surface area contributed by atoms with Crippen molar-refractivity contribution >= 4 is 11.0 Å². The molecule has 0 bridgehead atoms. The number of nitrogens with zero attached hydrogens (tertiary/aromatic N) is 7. The third kappa shape index (κ3) is 2.88. The summed E-state index contributed by atoms with van der Waals surface area (Å²) in [5.41, 5.74) is 0.703. The van der Waals surface area contributed by atoms with Crippen LogP contribution in [0.1, 0.15) is 5.89 Å². The van der Waals surface area contributed by atoms with Crippen molar-refractivity contribution in [3.05, 3.63) is 40.6 Å². The summed E-state index contributed by atoms with van der Waals surface area (Å²) < 4.78 is 18.4. The Morgan fingerprint density at radius 3 is 2.85 bits per heavy atom. The maximum atomic E-state index is 12.5. The van der Waals surface area contributed by atoms with Crippen LogP contribution in [0.15, 0.2) is 33.7 Å². The van der Waals surface area contributed by atoms with Gasteiger partial charge in [-0.2, -0.15) is 10.1 Å².